The Morgan fingerprint density at radius 3 is 0.548 bits per heavy atom. The molecule has 2 N–H and O–H groups in total. The molecule has 0 spiro atoms. The molecule has 0 aromatic carbocycles. The van der Waals surface area contributed by atoms with Crippen molar-refractivity contribution in [1.82, 2.24) is 19.9 Å². The van der Waals surface area contributed by atoms with Crippen molar-refractivity contribution < 1.29 is 17.5 Å². The summed E-state index contributed by atoms with van der Waals surface area (Å²) in [6, 6.07) is 22.9. The summed E-state index contributed by atoms with van der Waals surface area (Å²) in [6.45, 7) is 0. The highest BCUT2D eigenvalue weighted by Gasteiger charge is 1.84. The summed E-state index contributed by atoms with van der Waals surface area (Å²) < 4.78 is 31.6. The van der Waals surface area contributed by atoms with E-state index in [0.717, 1.165) is 0 Å². The maximum absolute atomic E-state index is 8.74. The number of aromatic nitrogens is 4. The van der Waals surface area contributed by atoms with E-state index in [1.54, 1.807) is 49.6 Å². The lowest BCUT2D eigenvalue weighted by molar-refractivity contribution is 0.381. The molecule has 0 saturated carbocycles. The number of hydrogen-bond donors (Lipinski definition) is 2. The molecule has 0 fully saturated rings. The predicted molar refractivity (Wildman–Crippen MR) is 132 cm³/mol. The molecule has 11 heteroatoms. The van der Waals surface area contributed by atoms with Crippen molar-refractivity contribution in [3.63, 3.8) is 0 Å². The molecule has 31 heavy (non-hydrogen) atoms. The van der Waals surface area contributed by atoms with Gasteiger partial charge < -0.3 is 0 Å². The van der Waals surface area contributed by atoms with Gasteiger partial charge in [0.05, 0.1) is 0 Å². The van der Waals surface area contributed by atoms with Crippen molar-refractivity contribution in [3.05, 3.63) is 122 Å². The van der Waals surface area contributed by atoms with Gasteiger partial charge in [-0.15, -0.1) is 34.0 Å². The van der Waals surface area contributed by atoms with Crippen LogP contribution in [0.15, 0.2) is 122 Å². The van der Waals surface area contributed by atoms with Crippen molar-refractivity contribution in [1.29, 1.82) is 0 Å². The minimum Gasteiger partial charge on any atom is -0.265 e. The molecule has 4 aromatic rings. The summed E-state index contributed by atoms with van der Waals surface area (Å²) in [5.41, 5.74) is 0. The largest absolute Gasteiger partial charge is 0.394 e. The Morgan fingerprint density at radius 1 is 0.387 bits per heavy atom. The molecule has 0 aliphatic heterocycles. The third-order valence-corrected chi connectivity index (χ3v) is 2.27. The molecule has 0 atom stereocenters. The summed E-state index contributed by atoms with van der Waals surface area (Å²) in [7, 11) is -4.67. The fourth-order valence-corrected chi connectivity index (χ4v) is 1.25. The third kappa shape index (κ3) is 38.6. The molecule has 168 valence electrons. The SMILES string of the molecule is Br.Br.O=S(=O)(O)O.c1ccncc1.c1ccncc1.c1ccncc1.c1ccncc1. The van der Waals surface area contributed by atoms with Gasteiger partial charge in [0.25, 0.3) is 0 Å². The minimum atomic E-state index is -4.67. The monoisotopic (exact) mass is 574 g/mol. The second-order valence-corrected chi connectivity index (χ2v) is 5.44. The van der Waals surface area contributed by atoms with Gasteiger partial charge in [-0.2, -0.15) is 8.42 Å². The van der Waals surface area contributed by atoms with Gasteiger partial charge >= 0.3 is 10.4 Å². The van der Waals surface area contributed by atoms with E-state index in [1.807, 2.05) is 72.8 Å². The summed E-state index contributed by atoms with van der Waals surface area (Å²) in [5.74, 6) is 0. The molecule has 0 amide bonds. The fraction of sp³-hybridized carbons (Fsp3) is 0. The van der Waals surface area contributed by atoms with Crippen LogP contribution in [0.1, 0.15) is 0 Å². The van der Waals surface area contributed by atoms with Crippen LogP contribution in [0.4, 0.5) is 0 Å². The zero-order chi connectivity index (χ0) is 21.5. The Kier molecular flexibility index (Phi) is 27.2. The molecule has 0 aliphatic rings. The molecule has 4 heterocycles. The Bertz CT molecular complexity index is 656. The molecule has 0 radical (unpaired) electrons. The van der Waals surface area contributed by atoms with Crippen LogP contribution in [0, 0.1) is 0 Å². The Morgan fingerprint density at radius 2 is 0.516 bits per heavy atom. The quantitative estimate of drug-likeness (QED) is 0.285. The normalized spacial score (nSPS) is 8.06. The van der Waals surface area contributed by atoms with Gasteiger partial charge in [-0.3, -0.25) is 29.0 Å². The lowest BCUT2D eigenvalue weighted by Crippen LogP contribution is -1.89. The first kappa shape index (κ1) is 33.1. The number of nitrogens with zero attached hydrogens (tertiary/aromatic N) is 4. The van der Waals surface area contributed by atoms with Gasteiger partial charge in [0.2, 0.25) is 0 Å². The van der Waals surface area contributed by atoms with Crippen LogP contribution >= 0.6 is 34.0 Å². The van der Waals surface area contributed by atoms with Crippen molar-refractivity contribution in [2.24, 2.45) is 0 Å². The van der Waals surface area contributed by atoms with E-state index in [9.17, 15) is 0 Å². The predicted octanol–water partition coefficient (Wildman–Crippen LogP) is 4.83. The zero-order valence-electron chi connectivity index (χ0n) is 16.3. The third-order valence-electron chi connectivity index (χ3n) is 2.27. The van der Waals surface area contributed by atoms with E-state index in [0.29, 0.717) is 0 Å². The van der Waals surface area contributed by atoms with Crippen molar-refractivity contribution in [2.45, 2.75) is 0 Å². The van der Waals surface area contributed by atoms with Crippen LogP contribution in [-0.4, -0.2) is 37.5 Å². The van der Waals surface area contributed by atoms with Crippen LogP contribution < -0.4 is 0 Å². The molecule has 4 aromatic heterocycles. The van der Waals surface area contributed by atoms with E-state index in [1.165, 1.54) is 0 Å². The van der Waals surface area contributed by atoms with Crippen LogP contribution in [0.2, 0.25) is 0 Å². The maximum Gasteiger partial charge on any atom is 0.394 e. The van der Waals surface area contributed by atoms with E-state index < -0.39 is 10.4 Å². The van der Waals surface area contributed by atoms with Crippen molar-refractivity contribution in [3.8, 4) is 0 Å². The Hall–Kier alpha value is -2.57. The van der Waals surface area contributed by atoms with Gasteiger partial charge in [-0.1, -0.05) is 24.3 Å². The molecule has 4 rings (SSSR count). The lowest BCUT2D eigenvalue weighted by Gasteiger charge is -1.70. The number of halogens is 2. The van der Waals surface area contributed by atoms with E-state index in [-0.39, 0.29) is 34.0 Å². The van der Waals surface area contributed by atoms with Gasteiger partial charge in [-0.25, -0.2) is 0 Å². The summed E-state index contributed by atoms with van der Waals surface area (Å²) >= 11 is 0. The summed E-state index contributed by atoms with van der Waals surface area (Å²) in [4.78, 5) is 15.1. The summed E-state index contributed by atoms with van der Waals surface area (Å²) in [6.07, 6.45) is 14.0. The molecule has 8 nitrogen and oxygen atoms in total. The van der Waals surface area contributed by atoms with Gasteiger partial charge in [0.1, 0.15) is 0 Å². The Labute approximate surface area is 203 Å². The maximum atomic E-state index is 8.74. The minimum absolute atomic E-state index is 0. The molecule has 0 bridgehead atoms. The van der Waals surface area contributed by atoms with Crippen molar-refractivity contribution in [2.75, 3.05) is 0 Å². The van der Waals surface area contributed by atoms with E-state index in [4.69, 9.17) is 17.5 Å². The van der Waals surface area contributed by atoms with Gasteiger partial charge in [0, 0.05) is 49.6 Å². The van der Waals surface area contributed by atoms with Crippen LogP contribution in [0.3, 0.4) is 0 Å². The number of hydrogen-bond acceptors (Lipinski definition) is 6. The number of rotatable bonds is 0. The average molecular weight is 576 g/mol. The van der Waals surface area contributed by atoms with E-state index >= 15 is 0 Å². The lowest BCUT2D eigenvalue weighted by atomic mass is 10.5. The Balaban J connectivity index is -0.000000312. The number of pyridine rings is 4. The first-order valence-electron chi connectivity index (χ1n) is 8.10. The second-order valence-electron chi connectivity index (χ2n) is 4.55. The van der Waals surface area contributed by atoms with Crippen LogP contribution in [0.5, 0.6) is 0 Å². The van der Waals surface area contributed by atoms with Crippen molar-refractivity contribution >= 4 is 44.4 Å². The molecular weight excluding hydrogens is 552 g/mol. The molecule has 0 saturated heterocycles. The smallest absolute Gasteiger partial charge is 0.265 e. The standard InChI is InChI=1S/4C5H5N.2BrH.H2O4S/c4*1-2-4-6-5-3-1;;;1-5(2,3)4/h4*1-5H;2*1H;(H2,1,2,3,4). The molecular formula is C20H24Br2N4O4S. The highest BCUT2D eigenvalue weighted by atomic mass is 79.9. The van der Waals surface area contributed by atoms with Gasteiger partial charge in [0.15, 0.2) is 0 Å². The first-order chi connectivity index (χ1) is 14.0. The van der Waals surface area contributed by atoms with Gasteiger partial charge in [-0.05, 0) is 48.5 Å². The average Bonchev–Trinajstić information content (AvgIpc) is 2.79. The highest BCUT2D eigenvalue weighted by Crippen LogP contribution is 1.75. The first-order valence-corrected chi connectivity index (χ1v) is 9.49. The summed E-state index contributed by atoms with van der Waals surface area (Å²) in [5, 5.41) is 0. The van der Waals surface area contributed by atoms with E-state index in [2.05, 4.69) is 19.9 Å². The van der Waals surface area contributed by atoms with Crippen LogP contribution in [-0.2, 0) is 10.4 Å². The second kappa shape index (κ2) is 25.5. The fourth-order valence-electron chi connectivity index (χ4n) is 1.25. The topological polar surface area (TPSA) is 126 Å². The van der Waals surface area contributed by atoms with Crippen LogP contribution in [0.25, 0.3) is 0 Å². The highest BCUT2D eigenvalue weighted by molar-refractivity contribution is 8.93. The molecule has 0 unspecified atom stereocenters. The molecule has 0 aliphatic carbocycles. The zero-order valence-corrected chi connectivity index (χ0v) is 20.5.